The first-order chi connectivity index (χ1) is 7.84. The minimum atomic E-state index is 0.0769. The molecule has 4 heteroatoms. The molecule has 1 amide bonds. The first-order valence-electron chi connectivity index (χ1n) is 5.84. The fraction of sp³-hybridized carbons (Fsp3) is 0.583. The Morgan fingerprint density at radius 2 is 2.50 bits per heavy atom. The summed E-state index contributed by atoms with van der Waals surface area (Å²) in [5.74, 6) is 0.0769. The zero-order chi connectivity index (χ0) is 11.2. The van der Waals surface area contributed by atoms with Crippen LogP contribution in [0.25, 0.3) is 0 Å². The summed E-state index contributed by atoms with van der Waals surface area (Å²) in [6.07, 6.45) is 7.67. The van der Waals surface area contributed by atoms with Gasteiger partial charge in [-0.3, -0.25) is 4.79 Å². The van der Waals surface area contributed by atoms with Crippen molar-refractivity contribution in [2.45, 2.75) is 38.3 Å². The lowest BCUT2D eigenvalue weighted by Crippen LogP contribution is -2.30. The largest absolute Gasteiger partial charge is 0.378 e. The van der Waals surface area contributed by atoms with Gasteiger partial charge in [-0.05, 0) is 30.9 Å². The van der Waals surface area contributed by atoms with E-state index in [1.54, 1.807) is 0 Å². The molecule has 16 heavy (non-hydrogen) atoms. The summed E-state index contributed by atoms with van der Waals surface area (Å²) < 4.78 is 5.52. The van der Waals surface area contributed by atoms with Crippen molar-refractivity contribution in [2.75, 3.05) is 6.61 Å². The van der Waals surface area contributed by atoms with Gasteiger partial charge in [-0.15, -0.1) is 0 Å². The van der Waals surface area contributed by atoms with Crippen molar-refractivity contribution in [3.8, 4) is 0 Å². The highest BCUT2D eigenvalue weighted by molar-refractivity contribution is 5.76. The van der Waals surface area contributed by atoms with E-state index in [2.05, 4.69) is 10.3 Å². The van der Waals surface area contributed by atoms with E-state index in [0.29, 0.717) is 13.0 Å². The normalized spacial score (nSPS) is 20.6. The number of ether oxygens (including phenoxy) is 1. The maximum atomic E-state index is 11.6. The SMILES string of the molecule is O=C(CC1CCCCO1)NCc1cc[nH]c1. The quantitative estimate of drug-likeness (QED) is 0.812. The number of H-pyrrole nitrogens is 1. The zero-order valence-electron chi connectivity index (χ0n) is 9.37. The molecule has 4 nitrogen and oxygen atoms in total. The molecular formula is C12H18N2O2. The summed E-state index contributed by atoms with van der Waals surface area (Å²) in [7, 11) is 0. The Kier molecular flexibility index (Phi) is 3.99. The molecule has 1 aliphatic heterocycles. The number of carbonyl (C=O) groups excluding carboxylic acids is 1. The minimum absolute atomic E-state index is 0.0769. The van der Waals surface area contributed by atoms with E-state index in [1.807, 2.05) is 18.5 Å². The fourth-order valence-electron chi connectivity index (χ4n) is 1.92. The summed E-state index contributed by atoms with van der Waals surface area (Å²) in [6, 6.07) is 1.96. The van der Waals surface area contributed by atoms with Crippen LogP contribution in [0.3, 0.4) is 0 Å². The van der Waals surface area contributed by atoms with E-state index in [0.717, 1.165) is 25.0 Å². The second kappa shape index (κ2) is 5.70. The van der Waals surface area contributed by atoms with Gasteiger partial charge in [0.2, 0.25) is 5.91 Å². The molecule has 0 spiro atoms. The molecule has 0 radical (unpaired) electrons. The van der Waals surface area contributed by atoms with Gasteiger partial charge in [-0.25, -0.2) is 0 Å². The summed E-state index contributed by atoms with van der Waals surface area (Å²) in [5, 5.41) is 2.89. The smallest absolute Gasteiger partial charge is 0.222 e. The Bertz CT molecular complexity index is 316. The molecular weight excluding hydrogens is 204 g/mol. The zero-order valence-corrected chi connectivity index (χ0v) is 9.37. The van der Waals surface area contributed by atoms with Gasteiger partial charge in [0.05, 0.1) is 12.5 Å². The van der Waals surface area contributed by atoms with Crippen molar-refractivity contribution in [3.05, 3.63) is 24.0 Å². The lowest BCUT2D eigenvalue weighted by atomic mass is 10.1. The lowest BCUT2D eigenvalue weighted by Gasteiger charge is -2.21. The number of carbonyl (C=O) groups is 1. The highest BCUT2D eigenvalue weighted by Crippen LogP contribution is 2.15. The van der Waals surface area contributed by atoms with Gasteiger partial charge in [0, 0.05) is 25.5 Å². The molecule has 1 unspecified atom stereocenters. The third-order valence-electron chi connectivity index (χ3n) is 2.84. The van der Waals surface area contributed by atoms with E-state index in [9.17, 15) is 4.79 Å². The maximum Gasteiger partial charge on any atom is 0.222 e. The molecule has 0 bridgehead atoms. The van der Waals surface area contributed by atoms with Crippen LogP contribution in [0, 0.1) is 0 Å². The molecule has 1 fully saturated rings. The first kappa shape index (κ1) is 11.2. The number of amides is 1. The highest BCUT2D eigenvalue weighted by atomic mass is 16.5. The average Bonchev–Trinajstić information content (AvgIpc) is 2.81. The predicted molar refractivity (Wildman–Crippen MR) is 60.8 cm³/mol. The van der Waals surface area contributed by atoms with Crippen LogP contribution in [-0.4, -0.2) is 23.6 Å². The molecule has 2 N–H and O–H groups in total. The van der Waals surface area contributed by atoms with Crippen LogP contribution in [0.4, 0.5) is 0 Å². The standard InChI is InChI=1S/C12H18N2O2/c15-12(7-11-3-1-2-6-16-11)14-9-10-4-5-13-8-10/h4-5,8,11,13H,1-3,6-7,9H2,(H,14,15). The number of nitrogens with one attached hydrogen (secondary N) is 2. The molecule has 0 aliphatic carbocycles. The van der Waals surface area contributed by atoms with Gasteiger partial charge in [0.25, 0.3) is 0 Å². The van der Waals surface area contributed by atoms with Crippen LogP contribution in [0.15, 0.2) is 18.5 Å². The molecule has 1 saturated heterocycles. The van der Waals surface area contributed by atoms with Crippen molar-refractivity contribution < 1.29 is 9.53 Å². The van der Waals surface area contributed by atoms with Crippen LogP contribution in [0.5, 0.6) is 0 Å². The number of hydrogen-bond donors (Lipinski definition) is 2. The minimum Gasteiger partial charge on any atom is -0.378 e. The summed E-state index contributed by atoms with van der Waals surface area (Å²) in [6.45, 7) is 1.39. The van der Waals surface area contributed by atoms with E-state index in [-0.39, 0.29) is 12.0 Å². The van der Waals surface area contributed by atoms with Crippen molar-refractivity contribution in [3.63, 3.8) is 0 Å². The third kappa shape index (κ3) is 3.38. The number of aromatic nitrogens is 1. The average molecular weight is 222 g/mol. The van der Waals surface area contributed by atoms with Gasteiger partial charge in [0.15, 0.2) is 0 Å². The molecule has 0 aromatic carbocycles. The summed E-state index contributed by atoms with van der Waals surface area (Å²) >= 11 is 0. The van der Waals surface area contributed by atoms with Crippen LogP contribution >= 0.6 is 0 Å². The van der Waals surface area contributed by atoms with Crippen molar-refractivity contribution in [1.82, 2.24) is 10.3 Å². The molecule has 1 aromatic heterocycles. The monoisotopic (exact) mass is 222 g/mol. The fourth-order valence-corrected chi connectivity index (χ4v) is 1.92. The van der Waals surface area contributed by atoms with E-state index in [1.165, 1.54) is 6.42 Å². The van der Waals surface area contributed by atoms with E-state index >= 15 is 0 Å². The Hall–Kier alpha value is -1.29. The van der Waals surface area contributed by atoms with Gasteiger partial charge in [-0.2, -0.15) is 0 Å². The van der Waals surface area contributed by atoms with Crippen molar-refractivity contribution in [2.24, 2.45) is 0 Å². The Morgan fingerprint density at radius 3 is 3.19 bits per heavy atom. The second-order valence-electron chi connectivity index (χ2n) is 4.19. The molecule has 1 aromatic rings. The number of aromatic amines is 1. The first-order valence-corrected chi connectivity index (χ1v) is 5.84. The Morgan fingerprint density at radius 1 is 1.56 bits per heavy atom. The van der Waals surface area contributed by atoms with Crippen LogP contribution < -0.4 is 5.32 Å². The van der Waals surface area contributed by atoms with E-state index < -0.39 is 0 Å². The van der Waals surface area contributed by atoms with Crippen LogP contribution in [0.1, 0.15) is 31.2 Å². The van der Waals surface area contributed by atoms with Gasteiger partial charge in [-0.1, -0.05) is 0 Å². The molecule has 2 rings (SSSR count). The number of rotatable bonds is 4. The third-order valence-corrected chi connectivity index (χ3v) is 2.84. The van der Waals surface area contributed by atoms with Gasteiger partial charge in [0.1, 0.15) is 0 Å². The van der Waals surface area contributed by atoms with Gasteiger partial charge >= 0.3 is 0 Å². The molecule has 1 atom stereocenters. The van der Waals surface area contributed by atoms with Crippen LogP contribution in [0.2, 0.25) is 0 Å². The maximum absolute atomic E-state index is 11.6. The van der Waals surface area contributed by atoms with Crippen LogP contribution in [-0.2, 0) is 16.1 Å². The molecule has 0 saturated carbocycles. The van der Waals surface area contributed by atoms with Crippen molar-refractivity contribution in [1.29, 1.82) is 0 Å². The molecule has 88 valence electrons. The summed E-state index contributed by atoms with van der Waals surface area (Å²) in [4.78, 5) is 14.6. The molecule has 2 heterocycles. The molecule has 1 aliphatic rings. The second-order valence-corrected chi connectivity index (χ2v) is 4.19. The Balaban J connectivity index is 1.67. The summed E-state index contributed by atoms with van der Waals surface area (Å²) in [5.41, 5.74) is 1.10. The van der Waals surface area contributed by atoms with Gasteiger partial charge < -0.3 is 15.0 Å². The lowest BCUT2D eigenvalue weighted by molar-refractivity contribution is -0.125. The topological polar surface area (TPSA) is 54.1 Å². The highest BCUT2D eigenvalue weighted by Gasteiger charge is 2.17. The number of hydrogen-bond acceptors (Lipinski definition) is 2. The van der Waals surface area contributed by atoms with E-state index in [4.69, 9.17) is 4.74 Å². The van der Waals surface area contributed by atoms with Crippen molar-refractivity contribution >= 4 is 5.91 Å². The predicted octanol–water partition coefficient (Wildman–Crippen LogP) is 1.59. The Labute approximate surface area is 95.4 Å².